The van der Waals surface area contributed by atoms with Gasteiger partial charge in [-0.05, 0) is 32.9 Å². The quantitative estimate of drug-likeness (QED) is 0.941. The van der Waals surface area contributed by atoms with Crippen molar-refractivity contribution in [2.45, 2.75) is 32.9 Å². The fraction of sp³-hybridized carbons (Fsp3) is 0.438. The van der Waals surface area contributed by atoms with E-state index in [0.29, 0.717) is 6.61 Å². The molecule has 5 heteroatoms. The molecule has 0 radical (unpaired) electrons. The molecule has 1 N–H and O–H groups in total. The third-order valence-electron chi connectivity index (χ3n) is 3.55. The van der Waals surface area contributed by atoms with Crippen molar-refractivity contribution in [3.05, 3.63) is 39.8 Å². The maximum Gasteiger partial charge on any atom is 0.161 e. The third-order valence-corrected chi connectivity index (χ3v) is 4.81. The molecule has 0 saturated carbocycles. The first-order valence-corrected chi connectivity index (χ1v) is 8.01. The van der Waals surface area contributed by atoms with Gasteiger partial charge in [-0.2, -0.15) is 0 Å². The van der Waals surface area contributed by atoms with Gasteiger partial charge >= 0.3 is 0 Å². The van der Waals surface area contributed by atoms with Gasteiger partial charge < -0.3 is 14.8 Å². The van der Waals surface area contributed by atoms with E-state index in [0.717, 1.165) is 28.7 Å². The number of para-hydroxylation sites is 2. The number of rotatable bonds is 4. The predicted molar refractivity (Wildman–Crippen MR) is 84.4 cm³/mol. The topological polar surface area (TPSA) is 43.4 Å². The lowest BCUT2D eigenvalue weighted by Crippen LogP contribution is -2.39. The van der Waals surface area contributed by atoms with E-state index in [9.17, 15) is 0 Å². The Morgan fingerprint density at radius 3 is 2.81 bits per heavy atom. The largest absolute Gasteiger partial charge is 0.486 e. The Labute approximate surface area is 129 Å². The molecule has 2 aromatic rings. The second-order valence-corrected chi connectivity index (χ2v) is 6.54. The van der Waals surface area contributed by atoms with Crippen LogP contribution in [0.5, 0.6) is 11.5 Å². The van der Waals surface area contributed by atoms with Crippen LogP contribution in [0.4, 0.5) is 0 Å². The van der Waals surface area contributed by atoms with Crippen molar-refractivity contribution in [1.29, 1.82) is 0 Å². The van der Waals surface area contributed by atoms with Gasteiger partial charge in [0, 0.05) is 17.5 Å². The number of aromatic nitrogens is 1. The summed E-state index contributed by atoms with van der Waals surface area (Å²) >= 11 is 1.75. The SMILES string of the molecule is Cc1nc(C)c(C(C)NCC2COc3ccccc3O2)s1. The highest BCUT2D eigenvalue weighted by molar-refractivity contribution is 7.11. The lowest BCUT2D eigenvalue weighted by Gasteiger charge is -2.27. The Morgan fingerprint density at radius 1 is 1.33 bits per heavy atom. The fourth-order valence-electron chi connectivity index (χ4n) is 2.51. The first kappa shape index (κ1) is 14.4. The second-order valence-electron chi connectivity index (χ2n) is 5.31. The normalized spacial score (nSPS) is 18.5. The molecule has 4 nitrogen and oxygen atoms in total. The first-order chi connectivity index (χ1) is 10.1. The monoisotopic (exact) mass is 304 g/mol. The first-order valence-electron chi connectivity index (χ1n) is 7.19. The predicted octanol–water partition coefficient (Wildman–Crippen LogP) is 3.25. The van der Waals surface area contributed by atoms with Gasteiger partial charge in [-0.3, -0.25) is 0 Å². The zero-order chi connectivity index (χ0) is 14.8. The smallest absolute Gasteiger partial charge is 0.161 e. The molecule has 3 rings (SSSR count). The van der Waals surface area contributed by atoms with Gasteiger partial charge in [-0.25, -0.2) is 4.98 Å². The number of benzene rings is 1. The van der Waals surface area contributed by atoms with Crippen molar-refractivity contribution in [2.24, 2.45) is 0 Å². The summed E-state index contributed by atoms with van der Waals surface area (Å²) in [7, 11) is 0. The van der Waals surface area contributed by atoms with Gasteiger partial charge in [0.1, 0.15) is 12.7 Å². The van der Waals surface area contributed by atoms with Gasteiger partial charge in [-0.1, -0.05) is 12.1 Å². The molecule has 1 aliphatic heterocycles. The molecule has 0 bridgehead atoms. The molecule has 2 unspecified atom stereocenters. The van der Waals surface area contributed by atoms with Crippen LogP contribution in [0.2, 0.25) is 0 Å². The summed E-state index contributed by atoms with van der Waals surface area (Å²) in [4.78, 5) is 5.78. The van der Waals surface area contributed by atoms with Crippen LogP contribution in [0.25, 0.3) is 0 Å². The zero-order valence-electron chi connectivity index (χ0n) is 12.6. The van der Waals surface area contributed by atoms with Crippen molar-refractivity contribution in [1.82, 2.24) is 10.3 Å². The lowest BCUT2D eigenvalue weighted by atomic mass is 10.2. The highest BCUT2D eigenvalue weighted by Gasteiger charge is 2.21. The van der Waals surface area contributed by atoms with E-state index in [1.54, 1.807) is 11.3 Å². The van der Waals surface area contributed by atoms with Crippen molar-refractivity contribution >= 4 is 11.3 Å². The summed E-state index contributed by atoms with van der Waals surface area (Å²) in [6, 6.07) is 8.08. The Morgan fingerprint density at radius 2 is 2.10 bits per heavy atom. The Balaban J connectivity index is 1.58. The summed E-state index contributed by atoms with van der Waals surface area (Å²) < 4.78 is 11.7. The third kappa shape index (κ3) is 3.19. The molecule has 1 aromatic heterocycles. The van der Waals surface area contributed by atoms with Crippen LogP contribution in [0, 0.1) is 13.8 Å². The highest BCUT2D eigenvalue weighted by atomic mass is 32.1. The highest BCUT2D eigenvalue weighted by Crippen LogP contribution is 2.31. The number of nitrogens with one attached hydrogen (secondary N) is 1. The molecule has 112 valence electrons. The van der Waals surface area contributed by atoms with Crippen molar-refractivity contribution in [2.75, 3.05) is 13.2 Å². The molecule has 0 aliphatic carbocycles. The van der Waals surface area contributed by atoms with Crippen molar-refractivity contribution < 1.29 is 9.47 Å². The van der Waals surface area contributed by atoms with Gasteiger partial charge in [0.15, 0.2) is 11.5 Å². The van der Waals surface area contributed by atoms with E-state index in [1.807, 2.05) is 31.2 Å². The maximum absolute atomic E-state index is 5.95. The Bertz CT molecular complexity index is 626. The summed E-state index contributed by atoms with van der Waals surface area (Å²) in [5, 5.41) is 4.63. The van der Waals surface area contributed by atoms with E-state index in [-0.39, 0.29) is 12.1 Å². The Hall–Kier alpha value is -1.59. The minimum atomic E-state index is 0.0386. The summed E-state index contributed by atoms with van der Waals surface area (Å²) in [6.07, 6.45) is 0.0386. The van der Waals surface area contributed by atoms with E-state index in [4.69, 9.17) is 9.47 Å². The zero-order valence-corrected chi connectivity index (χ0v) is 13.4. The molecule has 0 saturated heterocycles. The van der Waals surface area contributed by atoms with Crippen LogP contribution in [0.15, 0.2) is 24.3 Å². The Kier molecular flexibility index (Phi) is 4.12. The van der Waals surface area contributed by atoms with Gasteiger partial charge in [0.2, 0.25) is 0 Å². The molecule has 0 amide bonds. The van der Waals surface area contributed by atoms with E-state index in [2.05, 4.69) is 24.1 Å². The van der Waals surface area contributed by atoms with Crippen LogP contribution < -0.4 is 14.8 Å². The van der Waals surface area contributed by atoms with Crippen molar-refractivity contribution in [3.63, 3.8) is 0 Å². The molecular weight excluding hydrogens is 284 g/mol. The van der Waals surface area contributed by atoms with Crippen molar-refractivity contribution in [3.8, 4) is 11.5 Å². The van der Waals surface area contributed by atoms with Gasteiger partial charge in [0.25, 0.3) is 0 Å². The number of nitrogens with zero attached hydrogens (tertiary/aromatic N) is 1. The standard InChI is InChI=1S/C16H20N2O2S/c1-10(16-11(2)18-12(3)21-16)17-8-13-9-19-14-6-4-5-7-15(14)20-13/h4-7,10,13,17H,8-9H2,1-3H3. The van der Waals surface area contributed by atoms with Crippen LogP contribution in [-0.4, -0.2) is 24.2 Å². The molecular formula is C16H20N2O2S. The van der Waals surface area contributed by atoms with E-state index < -0.39 is 0 Å². The second kappa shape index (κ2) is 6.03. The minimum absolute atomic E-state index is 0.0386. The van der Waals surface area contributed by atoms with E-state index in [1.165, 1.54) is 4.88 Å². The van der Waals surface area contributed by atoms with Crippen LogP contribution >= 0.6 is 11.3 Å². The molecule has 0 spiro atoms. The van der Waals surface area contributed by atoms with Gasteiger partial charge in [0.05, 0.1) is 10.7 Å². The summed E-state index contributed by atoms with van der Waals surface area (Å²) in [5.74, 6) is 1.66. The number of aryl methyl sites for hydroxylation is 2. The van der Waals surface area contributed by atoms with E-state index >= 15 is 0 Å². The molecule has 21 heavy (non-hydrogen) atoms. The van der Waals surface area contributed by atoms with Crippen LogP contribution in [-0.2, 0) is 0 Å². The average Bonchev–Trinajstić information content (AvgIpc) is 2.83. The molecule has 0 fully saturated rings. The minimum Gasteiger partial charge on any atom is -0.486 e. The van der Waals surface area contributed by atoms with Gasteiger partial charge in [-0.15, -0.1) is 11.3 Å². The number of ether oxygens (including phenoxy) is 2. The molecule has 2 heterocycles. The molecule has 2 atom stereocenters. The maximum atomic E-state index is 5.95. The lowest BCUT2D eigenvalue weighted by molar-refractivity contribution is 0.0886. The van der Waals surface area contributed by atoms with Crippen LogP contribution in [0.3, 0.4) is 0 Å². The fourth-order valence-corrected chi connectivity index (χ4v) is 3.47. The van der Waals surface area contributed by atoms with Crippen LogP contribution in [0.1, 0.15) is 28.5 Å². The molecule has 1 aliphatic rings. The number of fused-ring (bicyclic) bond motifs is 1. The number of hydrogen-bond acceptors (Lipinski definition) is 5. The number of thiazole rings is 1. The number of hydrogen-bond donors (Lipinski definition) is 1. The summed E-state index contributed by atoms with van der Waals surface area (Å²) in [6.45, 7) is 7.61. The summed E-state index contributed by atoms with van der Waals surface area (Å²) in [5.41, 5.74) is 1.11. The molecule has 1 aromatic carbocycles. The average molecular weight is 304 g/mol.